The molecule has 0 aromatic carbocycles. The van der Waals surface area contributed by atoms with Crippen LogP contribution in [0.1, 0.15) is 13.8 Å². The van der Waals surface area contributed by atoms with Crippen LogP contribution in [0.3, 0.4) is 0 Å². The summed E-state index contributed by atoms with van der Waals surface area (Å²) in [5.41, 5.74) is 0. The van der Waals surface area contributed by atoms with Crippen LogP contribution < -0.4 is 0 Å². The fourth-order valence-electron chi connectivity index (χ4n) is 1.09. The highest BCUT2D eigenvalue weighted by atomic mass is 16.4. The highest BCUT2D eigenvalue weighted by molar-refractivity contribution is 6.57. The number of nitrogens with zero attached hydrogens (tertiary/aromatic N) is 1. The predicted molar refractivity (Wildman–Crippen MR) is 48.0 cm³/mol. The van der Waals surface area contributed by atoms with E-state index in [1.54, 1.807) is 13.8 Å². The van der Waals surface area contributed by atoms with Crippen molar-refractivity contribution in [2.45, 2.75) is 19.9 Å². The molecule has 5 heteroatoms. The number of carboxylic acids is 1. The number of likely N-dealkylation sites (N-methyl/N-ethyl adjacent to an activating group) is 1. The lowest BCUT2D eigenvalue weighted by Crippen LogP contribution is -2.45. The number of carbonyl (C=O) groups excluding carboxylic acids is 1. The average Bonchev–Trinajstić information content (AvgIpc) is 1.85. The second-order valence-corrected chi connectivity index (χ2v) is 3.16. The zero-order valence-electron chi connectivity index (χ0n) is 7.87. The van der Waals surface area contributed by atoms with E-state index in [0.717, 1.165) is 0 Å². The van der Waals surface area contributed by atoms with Crippen molar-refractivity contribution in [1.29, 1.82) is 0 Å². The second kappa shape index (κ2) is 4.14. The number of carbonyl (C=O) groups is 2. The van der Waals surface area contributed by atoms with Crippen molar-refractivity contribution < 1.29 is 14.7 Å². The van der Waals surface area contributed by atoms with Crippen LogP contribution in [0.15, 0.2) is 0 Å². The number of aliphatic carboxylic acids is 1. The van der Waals surface area contributed by atoms with E-state index in [4.69, 9.17) is 5.11 Å². The van der Waals surface area contributed by atoms with Crippen molar-refractivity contribution in [3.8, 4) is 0 Å². The van der Waals surface area contributed by atoms with Gasteiger partial charge in [0, 0.05) is 7.05 Å². The molecule has 1 atom stereocenters. The molecular weight excluding hydrogens is 157 g/mol. The van der Waals surface area contributed by atoms with Gasteiger partial charge < -0.3 is 10.0 Å². The van der Waals surface area contributed by atoms with E-state index in [2.05, 4.69) is 0 Å². The highest BCUT2D eigenvalue weighted by Gasteiger charge is 2.27. The van der Waals surface area contributed by atoms with Gasteiger partial charge in [0.25, 0.3) is 0 Å². The molecule has 0 aliphatic rings. The summed E-state index contributed by atoms with van der Waals surface area (Å²) in [6, 6.07) is -0.720. The molecule has 0 bridgehead atoms. The van der Waals surface area contributed by atoms with Crippen molar-refractivity contribution in [1.82, 2.24) is 4.90 Å². The third kappa shape index (κ3) is 2.56. The van der Waals surface area contributed by atoms with Crippen molar-refractivity contribution in [3.05, 3.63) is 0 Å². The van der Waals surface area contributed by atoms with Crippen LogP contribution in [0.4, 0.5) is 4.79 Å². The molecule has 0 unspecified atom stereocenters. The van der Waals surface area contributed by atoms with Gasteiger partial charge in [-0.15, -0.1) is 0 Å². The third-order valence-corrected chi connectivity index (χ3v) is 1.80. The Kier molecular flexibility index (Phi) is 3.79. The SMILES string of the molecule is BC(=O)N(C)[C@H](C(=O)O)C(C)C. The maximum absolute atomic E-state index is 10.9. The van der Waals surface area contributed by atoms with Crippen LogP contribution in [0.2, 0.25) is 0 Å². The molecule has 0 radical (unpaired) electrons. The van der Waals surface area contributed by atoms with E-state index < -0.39 is 12.0 Å². The summed E-state index contributed by atoms with van der Waals surface area (Å²) in [4.78, 5) is 22.8. The van der Waals surface area contributed by atoms with Gasteiger partial charge in [-0.25, -0.2) is 4.79 Å². The molecular formula is C7H14BNO3. The first-order chi connectivity index (χ1) is 5.37. The lowest BCUT2D eigenvalue weighted by atomic mass is 10.00. The molecule has 68 valence electrons. The van der Waals surface area contributed by atoms with Crippen LogP contribution in [0, 0.1) is 5.92 Å². The van der Waals surface area contributed by atoms with Gasteiger partial charge in [0.05, 0.1) is 0 Å². The number of amides is 1. The van der Waals surface area contributed by atoms with Gasteiger partial charge in [-0.1, -0.05) is 13.8 Å². The summed E-state index contributed by atoms with van der Waals surface area (Å²) >= 11 is 0. The summed E-state index contributed by atoms with van der Waals surface area (Å²) in [7, 11) is 2.86. The highest BCUT2D eigenvalue weighted by Crippen LogP contribution is 2.08. The van der Waals surface area contributed by atoms with Gasteiger partial charge in [0.15, 0.2) is 5.81 Å². The molecule has 12 heavy (non-hydrogen) atoms. The quantitative estimate of drug-likeness (QED) is 0.597. The van der Waals surface area contributed by atoms with Gasteiger partial charge in [-0.2, -0.15) is 0 Å². The molecule has 0 fully saturated rings. The van der Waals surface area contributed by atoms with Crippen LogP contribution in [0.5, 0.6) is 0 Å². The molecule has 0 spiro atoms. The molecule has 0 aliphatic carbocycles. The largest absolute Gasteiger partial charge is 0.480 e. The smallest absolute Gasteiger partial charge is 0.326 e. The summed E-state index contributed by atoms with van der Waals surface area (Å²) < 4.78 is 0. The Hall–Kier alpha value is -0.995. The molecule has 0 saturated heterocycles. The first kappa shape index (κ1) is 11.0. The Balaban J connectivity index is 4.51. The Morgan fingerprint density at radius 2 is 1.83 bits per heavy atom. The van der Waals surface area contributed by atoms with Crippen molar-refractivity contribution in [3.63, 3.8) is 0 Å². The summed E-state index contributed by atoms with van der Waals surface area (Å²) in [6.07, 6.45) is 0. The first-order valence-corrected chi connectivity index (χ1v) is 3.84. The fraction of sp³-hybridized carbons (Fsp3) is 0.714. The first-order valence-electron chi connectivity index (χ1n) is 3.84. The van der Waals surface area contributed by atoms with E-state index in [-0.39, 0.29) is 11.7 Å². The molecule has 0 saturated carbocycles. The Morgan fingerprint density at radius 1 is 1.42 bits per heavy atom. The monoisotopic (exact) mass is 171 g/mol. The zero-order chi connectivity index (χ0) is 9.89. The molecule has 0 aromatic heterocycles. The minimum atomic E-state index is -0.956. The van der Waals surface area contributed by atoms with Gasteiger partial charge in [-0.3, -0.25) is 4.79 Å². The Bertz CT molecular complexity index is 193. The normalized spacial score (nSPS) is 12.7. The summed E-state index contributed by atoms with van der Waals surface area (Å²) in [6.45, 7) is 3.55. The number of carboxylic acid groups (broad SMARTS) is 1. The molecule has 0 heterocycles. The van der Waals surface area contributed by atoms with E-state index in [1.165, 1.54) is 19.8 Å². The van der Waals surface area contributed by atoms with Gasteiger partial charge in [0.2, 0.25) is 7.85 Å². The van der Waals surface area contributed by atoms with Gasteiger partial charge in [0.1, 0.15) is 6.04 Å². The standard InChI is InChI=1S/C7H14BNO3/c1-4(2)5(6(10)11)9(3)7(8)12/h4-5H,8H2,1-3H3,(H,10,11)/t5-/m0/s1. The molecule has 1 N–H and O–H groups in total. The molecule has 0 rings (SSSR count). The minimum Gasteiger partial charge on any atom is -0.480 e. The predicted octanol–water partition coefficient (Wildman–Crippen LogP) is -0.220. The number of hydrogen-bond acceptors (Lipinski definition) is 2. The Labute approximate surface area is 73.0 Å². The van der Waals surface area contributed by atoms with Gasteiger partial charge in [-0.05, 0) is 5.92 Å². The van der Waals surface area contributed by atoms with Crippen LogP contribution in [0.25, 0.3) is 0 Å². The average molecular weight is 171 g/mol. The molecule has 4 nitrogen and oxygen atoms in total. The zero-order valence-corrected chi connectivity index (χ0v) is 7.87. The van der Waals surface area contributed by atoms with E-state index in [9.17, 15) is 9.59 Å². The van der Waals surface area contributed by atoms with Crippen LogP contribution >= 0.6 is 0 Å². The van der Waals surface area contributed by atoms with E-state index >= 15 is 0 Å². The second-order valence-electron chi connectivity index (χ2n) is 3.16. The minimum absolute atomic E-state index is 0.0728. The number of rotatable bonds is 3. The van der Waals surface area contributed by atoms with Gasteiger partial charge >= 0.3 is 5.97 Å². The molecule has 0 aliphatic heterocycles. The van der Waals surface area contributed by atoms with Crippen molar-refractivity contribution in [2.24, 2.45) is 5.92 Å². The molecule has 0 aromatic rings. The maximum Gasteiger partial charge on any atom is 0.326 e. The molecule has 1 amide bonds. The summed E-state index contributed by atoms with van der Waals surface area (Å²) in [5.74, 6) is -1.25. The topological polar surface area (TPSA) is 57.6 Å². The summed E-state index contributed by atoms with van der Waals surface area (Å²) in [5, 5.41) is 8.77. The lowest BCUT2D eigenvalue weighted by molar-refractivity contribution is -0.143. The third-order valence-electron chi connectivity index (χ3n) is 1.80. The number of hydrogen-bond donors (Lipinski definition) is 1. The maximum atomic E-state index is 10.9. The van der Waals surface area contributed by atoms with E-state index in [1.807, 2.05) is 0 Å². The fourth-order valence-corrected chi connectivity index (χ4v) is 1.09. The van der Waals surface area contributed by atoms with E-state index in [0.29, 0.717) is 0 Å². The van der Waals surface area contributed by atoms with Crippen molar-refractivity contribution in [2.75, 3.05) is 7.05 Å². The lowest BCUT2D eigenvalue weighted by Gasteiger charge is -2.26. The van der Waals surface area contributed by atoms with Crippen LogP contribution in [-0.4, -0.2) is 42.7 Å². The van der Waals surface area contributed by atoms with Crippen molar-refractivity contribution >= 4 is 19.6 Å². The Morgan fingerprint density at radius 3 is 1.92 bits per heavy atom. The van der Waals surface area contributed by atoms with Crippen LogP contribution in [-0.2, 0) is 4.79 Å².